The van der Waals surface area contributed by atoms with Crippen LogP contribution >= 0.6 is 34.2 Å². The Morgan fingerprint density at radius 2 is 1.85 bits per heavy atom. The quantitative estimate of drug-likeness (QED) is 0.314. The highest BCUT2D eigenvalue weighted by molar-refractivity contribution is 14.1. The third-order valence-electron chi connectivity index (χ3n) is 4.31. The Morgan fingerprint density at radius 3 is 2.54 bits per heavy atom. The molecular weight excluding hydrogens is 476 g/mol. The average Bonchev–Trinajstić information content (AvgIpc) is 2.92. The number of aryl methyl sites for hydroxylation is 1. The van der Waals surface area contributed by atoms with Crippen molar-refractivity contribution in [2.75, 3.05) is 6.54 Å². The molecule has 7 heteroatoms. The molecule has 2 nitrogen and oxygen atoms in total. The summed E-state index contributed by atoms with van der Waals surface area (Å²) in [6.07, 6.45) is -2.00. The number of halogens is 5. The molecule has 3 rings (SSSR count). The zero-order valence-corrected chi connectivity index (χ0v) is 16.7. The van der Waals surface area contributed by atoms with E-state index < -0.39 is 11.7 Å². The van der Waals surface area contributed by atoms with Gasteiger partial charge in [-0.2, -0.15) is 13.2 Å². The highest BCUT2D eigenvalue weighted by Crippen LogP contribution is 2.39. The number of aromatic nitrogens is 1. The first-order valence-corrected chi connectivity index (χ1v) is 9.64. The first-order chi connectivity index (χ1) is 12.3. The molecule has 0 saturated carbocycles. The Balaban J connectivity index is 2.16. The molecule has 2 aromatic carbocycles. The van der Waals surface area contributed by atoms with Crippen LogP contribution < -0.4 is 5.73 Å². The molecule has 0 aliphatic rings. The number of rotatable bonds is 5. The second kappa shape index (κ2) is 7.78. The fourth-order valence-corrected chi connectivity index (χ4v) is 3.79. The minimum Gasteiger partial charge on any atom is -0.354 e. The first-order valence-electron chi connectivity index (χ1n) is 8.18. The largest absolute Gasteiger partial charge is 0.417 e. The Morgan fingerprint density at radius 1 is 1.08 bits per heavy atom. The Hall–Kier alpha value is -1.25. The molecule has 26 heavy (non-hydrogen) atoms. The van der Waals surface area contributed by atoms with Gasteiger partial charge in [-0.3, -0.25) is 0 Å². The van der Waals surface area contributed by atoms with E-state index in [9.17, 15) is 13.2 Å². The van der Waals surface area contributed by atoms with Crippen molar-refractivity contribution < 1.29 is 13.2 Å². The van der Waals surface area contributed by atoms with Gasteiger partial charge in [-0.05, 0) is 89.9 Å². The molecule has 1 aromatic heterocycles. The fourth-order valence-electron chi connectivity index (χ4n) is 3.07. The molecule has 0 aliphatic carbocycles. The summed E-state index contributed by atoms with van der Waals surface area (Å²) in [6.45, 7) is 0.592. The van der Waals surface area contributed by atoms with Crippen molar-refractivity contribution in [1.29, 1.82) is 0 Å². The van der Waals surface area contributed by atoms with E-state index in [2.05, 4.69) is 27.6 Å². The lowest BCUT2D eigenvalue weighted by Crippen LogP contribution is -2.06. The SMILES string of the molecule is NCCCCc1c(-c2ccc(Cl)c(C(F)(F)F)c2)[nH]c2ccc(I)cc12. The number of aromatic amines is 1. The van der Waals surface area contributed by atoms with Crippen molar-refractivity contribution in [2.24, 2.45) is 5.73 Å². The monoisotopic (exact) mass is 492 g/mol. The maximum absolute atomic E-state index is 13.2. The van der Waals surface area contributed by atoms with Crippen LogP contribution in [0.1, 0.15) is 24.0 Å². The summed E-state index contributed by atoms with van der Waals surface area (Å²) in [6, 6.07) is 10.0. The predicted octanol–water partition coefficient (Wildman–Crippen LogP) is 6.39. The van der Waals surface area contributed by atoms with Crippen molar-refractivity contribution in [3.8, 4) is 11.3 Å². The standard InChI is InChI=1S/C19H17ClF3IN2/c20-16-6-4-11(9-15(16)19(21,22)23)18-13(3-1-2-8-25)14-10-12(24)5-7-17(14)26-18/h4-7,9-10,26H,1-3,8,25H2. The number of hydrogen-bond donors (Lipinski definition) is 2. The van der Waals surface area contributed by atoms with E-state index in [1.165, 1.54) is 6.07 Å². The van der Waals surface area contributed by atoms with Gasteiger partial charge in [0.2, 0.25) is 0 Å². The third-order valence-corrected chi connectivity index (χ3v) is 5.31. The highest BCUT2D eigenvalue weighted by Gasteiger charge is 2.33. The van der Waals surface area contributed by atoms with Crippen LogP contribution in [0.25, 0.3) is 22.2 Å². The topological polar surface area (TPSA) is 41.8 Å². The van der Waals surface area contributed by atoms with Crippen molar-refractivity contribution >= 4 is 45.1 Å². The maximum atomic E-state index is 13.2. The molecule has 0 aliphatic heterocycles. The van der Waals surface area contributed by atoms with E-state index in [4.69, 9.17) is 17.3 Å². The lowest BCUT2D eigenvalue weighted by Gasteiger charge is -2.12. The second-order valence-corrected chi connectivity index (χ2v) is 7.76. The number of nitrogens with one attached hydrogen (secondary N) is 1. The molecule has 0 spiro atoms. The first kappa shape index (κ1) is 19.5. The van der Waals surface area contributed by atoms with Gasteiger partial charge in [-0.25, -0.2) is 0 Å². The van der Waals surface area contributed by atoms with Crippen LogP contribution in [0.3, 0.4) is 0 Å². The molecule has 0 atom stereocenters. The van der Waals surface area contributed by atoms with Gasteiger partial charge < -0.3 is 10.7 Å². The molecule has 138 valence electrons. The van der Waals surface area contributed by atoms with Crippen LogP contribution in [0.5, 0.6) is 0 Å². The van der Waals surface area contributed by atoms with E-state index in [-0.39, 0.29) is 5.02 Å². The molecule has 0 amide bonds. The van der Waals surface area contributed by atoms with E-state index >= 15 is 0 Å². The summed E-state index contributed by atoms with van der Waals surface area (Å²) in [5, 5.41) is 0.740. The summed E-state index contributed by atoms with van der Waals surface area (Å²) in [5.74, 6) is 0. The van der Waals surface area contributed by atoms with E-state index in [0.717, 1.165) is 45.4 Å². The van der Waals surface area contributed by atoms with Gasteiger partial charge in [0.15, 0.2) is 0 Å². The molecule has 0 bridgehead atoms. The summed E-state index contributed by atoms with van der Waals surface area (Å²) in [7, 11) is 0. The lowest BCUT2D eigenvalue weighted by molar-refractivity contribution is -0.137. The van der Waals surface area contributed by atoms with Crippen LogP contribution in [-0.2, 0) is 12.6 Å². The number of H-pyrrole nitrogens is 1. The van der Waals surface area contributed by atoms with Crippen LogP contribution in [0, 0.1) is 3.57 Å². The average molecular weight is 493 g/mol. The van der Waals surface area contributed by atoms with Crippen LogP contribution in [0.2, 0.25) is 5.02 Å². The van der Waals surface area contributed by atoms with Gasteiger partial charge >= 0.3 is 6.18 Å². The normalized spacial score (nSPS) is 12.1. The van der Waals surface area contributed by atoms with E-state index in [1.54, 1.807) is 6.07 Å². The Kier molecular flexibility index (Phi) is 5.84. The lowest BCUT2D eigenvalue weighted by atomic mass is 9.99. The third kappa shape index (κ3) is 4.02. The van der Waals surface area contributed by atoms with Gasteiger partial charge in [0.1, 0.15) is 0 Å². The molecule has 0 radical (unpaired) electrons. The van der Waals surface area contributed by atoms with Gasteiger partial charge in [0.05, 0.1) is 10.6 Å². The summed E-state index contributed by atoms with van der Waals surface area (Å²) in [4.78, 5) is 3.29. The number of fused-ring (bicyclic) bond motifs is 1. The maximum Gasteiger partial charge on any atom is 0.417 e. The van der Waals surface area contributed by atoms with Crippen LogP contribution in [0.4, 0.5) is 13.2 Å². The second-order valence-electron chi connectivity index (χ2n) is 6.11. The fraction of sp³-hybridized carbons (Fsp3) is 0.263. The number of nitrogens with two attached hydrogens (primary N) is 1. The van der Waals surface area contributed by atoms with Crippen molar-refractivity contribution in [1.82, 2.24) is 4.98 Å². The predicted molar refractivity (Wildman–Crippen MR) is 108 cm³/mol. The zero-order valence-electron chi connectivity index (χ0n) is 13.8. The molecule has 3 N–H and O–H groups in total. The van der Waals surface area contributed by atoms with Gasteiger partial charge in [-0.1, -0.05) is 17.7 Å². The van der Waals surface area contributed by atoms with Crippen LogP contribution in [-0.4, -0.2) is 11.5 Å². The van der Waals surface area contributed by atoms with Gasteiger partial charge in [0, 0.05) is 20.2 Å². The summed E-state index contributed by atoms with van der Waals surface area (Å²) < 4.78 is 40.8. The van der Waals surface area contributed by atoms with Crippen molar-refractivity contribution in [3.05, 3.63) is 56.1 Å². The smallest absolute Gasteiger partial charge is 0.354 e. The highest BCUT2D eigenvalue weighted by atomic mass is 127. The number of hydrogen-bond acceptors (Lipinski definition) is 1. The molecule has 1 heterocycles. The molecule has 3 aromatic rings. The Bertz CT molecular complexity index is 934. The van der Waals surface area contributed by atoms with Crippen molar-refractivity contribution in [2.45, 2.75) is 25.4 Å². The van der Waals surface area contributed by atoms with Gasteiger partial charge in [-0.15, -0.1) is 0 Å². The van der Waals surface area contributed by atoms with Gasteiger partial charge in [0.25, 0.3) is 0 Å². The van der Waals surface area contributed by atoms with E-state index in [1.807, 2.05) is 18.2 Å². The molecule has 0 fully saturated rings. The summed E-state index contributed by atoms with van der Waals surface area (Å²) in [5.41, 5.74) is 7.88. The molecular formula is C19H17ClF3IN2. The molecule has 0 unspecified atom stereocenters. The number of unbranched alkanes of at least 4 members (excludes halogenated alkanes) is 1. The zero-order chi connectivity index (χ0) is 18.9. The number of alkyl halides is 3. The summed E-state index contributed by atoms with van der Waals surface area (Å²) >= 11 is 8.00. The Labute approximate surface area is 168 Å². The minimum atomic E-state index is -4.49. The van der Waals surface area contributed by atoms with Crippen molar-refractivity contribution in [3.63, 3.8) is 0 Å². The molecule has 0 saturated heterocycles. The number of benzene rings is 2. The van der Waals surface area contributed by atoms with Crippen LogP contribution in [0.15, 0.2) is 36.4 Å². The van der Waals surface area contributed by atoms with E-state index in [0.29, 0.717) is 17.8 Å². The minimum absolute atomic E-state index is 0.295.